The lowest BCUT2D eigenvalue weighted by molar-refractivity contribution is -0.138. The highest BCUT2D eigenvalue weighted by molar-refractivity contribution is 5.66. The lowest BCUT2D eigenvalue weighted by Gasteiger charge is -2.03. The average molecular weight is 549 g/mol. The lowest BCUT2D eigenvalue weighted by atomic mass is 10.0. The molecular formula is C31H64O7. The first-order valence-electron chi connectivity index (χ1n) is 15.7. The molecule has 0 radical (unpaired) electrons. The molecule has 0 aromatic rings. The Morgan fingerprint density at radius 3 is 0.816 bits per heavy atom. The first-order valence-corrected chi connectivity index (χ1v) is 15.7. The second-order valence-electron chi connectivity index (χ2n) is 10.4. The number of hydrogen-bond donors (Lipinski definition) is 5. The summed E-state index contributed by atoms with van der Waals surface area (Å²) in [4.78, 5) is 20.5. The van der Waals surface area contributed by atoms with E-state index in [0.29, 0.717) is 12.8 Å². The van der Waals surface area contributed by atoms with Crippen molar-refractivity contribution in [2.75, 3.05) is 13.2 Å². The highest BCUT2D eigenvalue weighted by atomic mass is 16.4. The molecule has 0 aromatic carbocycles. The lowest BCUT2D eigenvalue weighted by Crippen LogP contribution is -2.15. The molecule has 0 unspecified atom stereocenters. The Labute approximate surface area is 234 Å². The predicted octanol–water partition coefficient (Wildman–Crippen LogP) is 7.88. The Kier molecular flexibility index (Phi) is 41.3. The summed E-state index contributed by atoms with van der Waals surface area (Å²) in [6, 6.07) is 0. The van der Waals surface area contributed by atoms with Crippen LogP contribution in [0.5, 0.6) is 0 Å². The van der Waals surface area contributed by atoms with Gasteiger partial charge in [-0.05, 0) is 12.8 Å². The number of carboxylic acid groups (broad SMARTS) is 2. The van der Waals surface area contributed by atoms with Crippen LogP contribution < -0.4 is 0 Å². The van der Waals surface area contributed by atoms with Gasteiger partial charge in [-0.1, -0.05) is 142 Å². The van der Waals surface area contributed by atoms with Crippen molar-refractivity contribution >= 4 is 11.9 Å². The van der Waals surface area contributed by atoms with E-state index in [0.717, 1.165) is 25.7 Å². The molecule has 7 nitrogen and oxygen atoms in total. The molecule has 0 atom stereocenters. The third-order valence-electron chi connectivity index (χ3n) is 6.41. The molecule has 7 heteroatoms. The molecule has 0 heterocycles. The van der Waals surface area contributed by atoms with Crippen LogP contribution >= 0.6 is 0 Å². The van der Waals surface area contributed by atoms with E-state index in [1.165, 1.54) is 116 Å². The summed E-state index contributed by atoms with van der Waals surface area (Å²) in [5.41, 5.74) is 0. The number of carbonyl (C=O) groups is 2. The summed E-state index contributed by atoms with van der Waals surface area (Å²) < 4.78 is 0. The molecule has 0 bridgehead atoms. The zero-order valence-electron chi connectivity index (χ0n) is 25.0. The molecule has 230 valence electrons. The van der Waals surface area contributed by atoms with Crippen LogP contribution in [0.4, 0.5) is 0 Å². The number of aliphatic hydroxyl groups excluding tert-OH is 3. The van der Waals surface area contributed by atoms with Crippen molar-refractivity contribution in [3.63, 3.8) is 0 Å². The third kappa shape index (κ3) is 47.9. The maximum Gasteiger partial charge on any atom is 0.303 e. The van der Waals surface area contributed by atoms with Gasteiger partial charge >= 0.3 is 11.9 Å². The zero-order chi connectivity index (χ0) is 29.1. The molecule has 0 rings (SSSR count). The first kappa shape index (κ1) is 41.3. The summed E-state index contributed by atoms with van der Waals surface area (Å²) in [5, 5.41) is 40.9. The van der Waals surface area contributed by atoms with E-state index in [1.807, 2.05) is 0 Å². The molecule has 0 fully saturated rings. The minimum atomic E-state index is -0.954. The molecule has 0 aromatic heterocycles. The van der Waals surface area contributed by atoms with E-state index in [9.17, 15) is 9.59 Å². The standard InChI is InChI=1S/C18H36O2.C10H20O2.C3H8O3/c1-2-3-4-5-6-7-8-9-10-11-12-13-14-15-16-17-18(19)20;1-2-3-4-5-6-7-8-9-10(11)12;4-1-3(6)2-5/h2-17H2,1H3,(H,19,20);2-9H2,1H3,(H,11,12);3-6H,1-2H2. The van der Waals surface area contributed by atoms with Gasteiger partial charge in [0.2, 0.25) is 0 Å². The molecule has 0 aliphatic rings. The van der Waals surface area contributed by atoms with Gasteiger partial charge in [0, 0.05) is 12.8 Å². The highest BCUT2D eigenvalue weighted by Crippen LogP contribution is 2.13. The molecule has 0 spiro atoms. The van der Waals surface area contributed by atoms with Crippen molar-refractivity contribution in [1.29, 1.82) is 0 Å². The predicted molar refractivity (Wildman–Crippen MR) is 158 cm³/mol. The van der Waals surface area contributed by atoms with E-state index < -0.39 is 18.0 Å². The summed E-state index contributed by atoms with van der Waals surface area (Å²) >= 11 is 0. The maximum atomic E-state index is 10.3. The van der Waals surface area contributed by atoms with Crippen LogP contribution in [0.15, 0.2) is 0 Å². The number of carboxylic acids is 2. The van der Waals surface area contributed by atoms with Gasteiger partial charge in [0.25, 0.3) is 0 Å². The van der Waals surface area contributed by atoms with E-state index in [1.54, 1.807) is 0 Å². The topological polar surface area (TPSA) is 135 Å². The molecule has 0 amide bonds. The highest BCUT2D eigenvalue weighted by Gasteiger charge is 1.98. The Morgan fingerprint density at radius 2 is 0.658 bits per heavy atom. The maximum absolute atomic E-state index is 10.3. The summed E-state index contributed by atoms with van der Waals surface area (Å²) in [6.07, 6.45) is 27.9. The molecule has 0 saturated heterocycles. The molecule has 38 heavy (non-hydrogen) atoms. The summed E-state index contributed by atoms with van der Waals surface area (Å²) in [5.74, 6) is -1.32. The van der Waals surface area contributed by atoms with Crippen LogP contribution in [0.1, 0.15) is 168 Å². The summed E-state index contributed by atoms with van der Waals surface area (Å²) in [6.45, 7) is 3.74. The fourth-order valence-corrected chi connectivity index (χ4v) is 3.94. The Hall–Kier alpha value is -1.18. The Bertz CT molecular complexity index is 454. The van der Waals surface area contributed by atoms with Crippen LogP contribution in [-0.2, 0) is 9.59 Å². The average Bonchev–Trinajstić information content (AvgIpc) is 2.90. The van der Waals surface area contributed by atoms with Gasteiger partial charge in [-0.25, -0.2) is 0 Å². The van der Waals surface area contributed by atoms with Gasteiger partial charge < -0.3 is 25.5 Å². The largest absolute Gasteiger partial charge is 0.481 e. The third-order valence-corrected chi connectivity index (χ3v) is 6.41. The normalized spacial score (nSPS) is 10.5. The van der Waals surface area contributed by atoms with Crippen molar-refractivity contribution in [3.8, 4) is 0 Å². The van der Waals surface area contributed by atoms with Crippen LogP contribution in [0.25, 0.3) is 0 Å². The molecular weight excluding hydrogens is 484 g/mol. The minimum Gasteiger partial charge on any atom is -0.481 e. The zero-order valence-corrected chi connectivity index (χ0v) is 25.0. The number of rotatable bonds is 26. The van der Waals surface area contributed by atoms with Gasteiger partial charge in [-0.15, -0.1) is 0 Å². The molecule has 5 N–H and O–H groups in total. The van der Waals surface area contributed by atoms with Gasteiger partial charge in [-0.2, -0.15) is 0 Å². The van der Waals surface area contributed by atoms with Crippen molar-refractivity contribution in [2.45, 2.75) is 174 Å². The fraction of sp³-hybridized carbons (Fsp3) is 0.935. The second kappa shape index (κ2) is 38.0. The number of unbranched alkanes of at least 4 members (excludes halogenated alkanes) is 20. The minimum absolute atomic E-state index is 0.341. The van der Waals surface area contributed by atoms with E-state index >= 15 is 0 Å². The molecule has 0 aliphatic heterocycles. The monoisotopic (exact) mass is 548 g/mol. The molecule has 0 aliphatic carbocycles. The molecule has 0 saturated carbocycles. The van der Waals surface area contributed by atoms with Crippen molar-refractivity contribution in [2.24, 2.45) is 0 Å². The van der Waals surface area contributed by atoms with E-state index in [4.69, 9.17) is 25.5 Å². The van der Waals surface area contributed by atoms with Crippen molar-refractivity contribution in [3.05, 3.63) is 0 Å². The van der Waals surface area contributed by atoms with Crippen molar-refractivity contribution < 1.29 is 35.1 Å². The van der Waals surface area contributed by atoms with Crippen LogP contribution in [0.2, 0.25) is 0 Å². The van der Waals surface area contributed by atoms with E-state index in [2.05, 4.69) is 13.8 Å². The quantitative estimate of drug-likeness (QED) is 0.0694. The number of aliphatic carboxylic acids is 2. The first-order chi connectivity index (χ1) is 18.3. The number of aliphatic hydroxyl groups is 3. The Balaban J connectivity index is -0.000000572. The second-order valence-corrected chi connectivity index (χ2v) is 10.4. The van der Waals surface area contributed by atoms with Crippen LogP contribution in [0.3, 0.4) is 0 Å². The Morgan fingerprint density at radius 1 is 0.447 bits per heavy atom. The number of hydrogen-bond acceptors (Lipinski definition) is 5. The van der Waals surface area contributed by atoms with E-state index in [-0.39, 0.29) is 13.2 Å². The van der Waals surface area contributed by atoms with Crippen LogP contribution in [0, 0.1) is 0 Å². The summed E-state index contributed by atoms with van der Waals surface area (Å²) in [7, 11) is 0. The van der Waals surface area contributed by atoms with Crippen molar-refractivity contribution in [1.82, 2.24) is 0 Å². The van der Waals surface area contributed by atoms with Crippen LogP contribution in [-0.4, -0.2) is 56.8 Å². The fourth-order valence-electron chi connectivity index (χ4n) is 3.94. The van der Waals surface area contributed by atoms with Gasteiger partial charge in [-0.3, -0.25) is 9.59 Å². The SMILES string of the molecule is CCCCCCCCCC(=O)O.CCCCCCCCCCCCCCCCCC(=O)O.OCC(O)CO. The van der Waals surface area contributed by atoms with Gasteiger partial charge in [0.15, 0.2) is 0 Å². The smallest absolute Gasteiger partial charge is 0.303 e. The van der Waals surface area contributed by atoms with Gasteiger partial charge in [0.1, 0.15) is 6.10 Å². The van der Waals surface area contributed by atoms with Gasteiger partial charge in [0.05, 0.1) is 13.2 Å².